The smallest absolute Gasteiger partial charge is 0.282 e. The molecule has 2 amide bonds. The summed E-state index contributed by atoms with van der Waals surface area (Å²) in [6.45, 7) is 1.83. The number of imide groups is 1. The van der Waals surface area contributed by atoms with Crippen molar-refractivity contribution >= 4 is 51.7 Å². The molecule has 0 saturated carbocycles. The highest BCUT2D eigenvalue weighted by molar-refractivity contribution is 7.11. The van der Waals surface area contributed by atoms with E-state index in [4.69, 9.17) is 11.6 Å². The normalized spacial score (nSPS) is 14.2. The molecule has 6 heteroatoms. The Labute approximate surface area is 165 Å². The molecular formula is C21H15ClN2O2S. The fourth-order valence-corrected chi connectivity index (χ4v) is 4.04. The Bertz CT molecular complexity index is 1060. The maximum absolute atomic E-state index is 13.2. The minimum absolute atomic E-state index is 0.281. The summed E-state index contributed by atoms with van der Waals surface area (Å²) in [5.74, 6) is -0.719. The molecule has 1 aliphatic heterocycles. The zero-order valence-corrected chi connectivity index (χ0v) is 16.0. The highest BCUT2D eigenvalue weighted by Crippen LogP contribution is 2.37. The van der Waals surface area contributed by atoms with Crippen LogP contribution in [-0.2, 0) is 9.59 Å². The van der Waals surface area contributed by atoms with E-state index in [1.54, 1.807) is 18.2 Å². The maximum atomic E-state index is 13.2. The van der Waals surface area contributed by atoms with E-state index in [0.29, 0.717) is 16.3 Å². The van der Waals surface area contributed by atoms with Crippen LogP contribution in [0.2, 0.25) is 5.02 Å². The lowest BCUT2D eigenvalue weighted by atomic mass is 10.1. The van der Waals surface area contributed by atoms with Crippen molar-refractivity contribution in [2.24, 2.45) is 0 Å². The number of thiophene rings is 1. The molecule has 1 aromatic heterocycles. The molecule has 4 nitrogen and oxygen atoms in total. The van der Waals surface area contributed by atoms with Crippen LogP contribution in [0.25, 0.3) is 5.57 Å². The summed E-state index contributed by atoms with van der Waals surface area (Å²) in [5.41, 5.74) is 2.71. The van der Waals surface area contributed by atoms with E-state index in [-0.39, 0.29) is 17.5 Å². The summed E-state index contributed by atoms with van der Waals surface area (Å²) in [6, 6.07) is 18.2. The number of anilines is 2. The lowest BCUT2D eigenvalue weighted by molar-refractivity contribution is -0.120. The molecule has 3 aromatic rings. The van der Waals surface area contributed by atoms with Gasteiger partial charge in [0.25, 0.3) is 11.8 Å². The van der Waals surface area contributed by atoms with Crippen LogP contribution in [0, 0.1) is 6.92 Å². The van der Waals surface area contributed by atoms with Crippen LogP contribution in [0.15, 0.2) is 71.7 Å². The second kappa shape index (κ2) is 7.02. The Kier molecular flexibility index (Phi) is 4.56. The van der Waals surface area contributed by atoms with E-state index in [0.717, 1.165) is 16.1 Å². The molecule has 134 valence electrons. The Hall–Kier alpha value is -2.89. The number of para-hydroxylation sites is 1. The van der Waals surface area contributed by atoms with Crippen molar-refractivity contribution in [3.63, 3.8) is 0 Å². The number of amides is 2. The fraction of sp³-hybridized carbons (Fsp3) is 0.0476. The van der Waals surface area contributed by atoms with Crippen LogP contribution in [-0.4, -0.2) is 11.8 Å². The van der Waals surface area contributed by atoms with Gasteiger partial charge in [-0.25, -0.2) is 4.90 Å². The first kappa shape index (κ1) is 17.5. The number of benzene rings is 2. The average Bonchev–Trinajstić information content (AvgIpc) is 3.25. The van der Waals surface area contributed by atoms with Gasteiger partial charge in [0.1, 0.15) is 5.70 Å². The van der Waals surface area contributed by atoms with Gasteiger partial charge in [-0.15, -0.1) is 11.3 Å². The van der Waals surface area contributed by atoms with E-state index in [9.17, 15) is 9.59 Å². The SMILES string of the molecule is Cc1cc(Cl)ccc1N1C(=O)C(Nc2ccccc2)=C(c2cccs2)C1=O. The molecule has 0 radical (unpaired) electrons. The lowest BCUT2D eigenvalue weighted by Gasteiger charge is -2.18. The number of carbonyl (C=O) groups is 2. The van der Waals surface area contributed by atoms with Gasteiger partial charge in [-0.1, -0.05) is 35.9 Å². The number of hydrogen-bond acceptors (Lipinski definition) is 4. The summed E-state index contributed by atoms with van der Waals surface area (Å²) in [5, 5.41) is 5.58. The molecule has 0 aliphatic carbocycles. The van der Waals surface area contributed by atoms with Gasteiger partial charge < -0.3 is 5.32 Å². The minimum Gasteiger partial charge on any atom is -0.350 e. The molecular weight excluding hydrogens is 380 g/mol. The zero-order chi connectivity index (χ0) is 19.0. The highest BCUT2D eigenvalue weighted by Gasteiger charge is 2.41. The van der Waals surface area contributed by atoms with Crippen LogP contribution in [0.3, 0.4) is 0 Å². The largest absolute Gasteiger partial charge is 0.350 e. The molecule has 0 fully saturated rings. The summed E-state index contributed by atoms with van der Waals surface area (Å²) in [7, 11) is 0. The average molecular weight is 395 g/mol. The molecule has 27 heavy (non-hydrogen) atoms. The van der Waals surface area contributed by atoms with Crippen molar-refractivity contribution in [3.05, 3.63) is 87.2 Å². The van der Waals surface area contributed by atoms with Crippen molar-refractivity contribution in [1.29, 1.82) is 0 Å². The maximum Gasteiger partial charge on any atom is 0.282 e. The first-order chi connectivity index (χ1) is 13.1. The molecule has 4 rings (SSSR count). The lowest BCUT2D eigenvalue weighted by Crippen LogP contribution is -2.32. The molecule has 1 N–H and O–H groups in total. The topological polar surface area (TPSA) is 49.4 Å². The first-order valence-corrected chi connectivity index (χ1v) is 9.57. The van der Waals surface area contributed by atoms with Gasteiger partial charge in [-0.2, -0.15) is 0 Å². The second-order valence-corrected chi connectivity index (χ2v) is 7.48. The standard InChI is InChI=1S/C21H15ClN2O2S/c1-13-12-14(22)9-10-16(13)24-20(25)18(17-8-5-11-27-17)19(21(24)26)23-15-6-3-2-4-7-15/h2-12,23H,1H3. The third kappa shape index (κ3) is 3.16. The molecule has 0 bridgehead atoms. The Morgan fingerprint density at radius 3 is 2.41 bits per heavy atom. The first-order valence-electron chi connectivity index (χ1n) is 8.31. The van der Waals surface area contributed by atoms with Gasteiger partial charge in [-0.3, -0.25) is 9.59 Å². The summed E-state index contributed by atoms with van der Waals surface area (Å²) < 4.78 is 0. The van der Waals surface area contributed by atoms with Gasteiger partial charge >= 0.3 is 0 Å². The number of nitrogens with zero attached hydrogens (tertiary/aromatic N) is 1. The van der Waals surface area contributed by atoms with Gasteiger partial charge in [0, 0.05) is 15.6 Å². The number of nitrogens with one attached hydrogen (secondary N) is 1. The van der Waals surface area contributed by atoms with Gasteiger partial charge in [0.15, 0.2) is 0 Å². The molecule has 2 heterocycles. The monoisotopic (exact) mass is 394 g/mol. The Morgan fingerprint density at radius 2 is 1.74 bits per heavy atom. The van der Waals surface area contributed by atoms with Crippen LogP contribution < -0.4 is 10.2 Å². The predicted octanol–water partition coefficient (Wildman–Crippen LogP) is 5.11. The molecule has 0 unspecified atom stereocenters. The second-order valence-electron chi connectivity index (χ2n) is 6.09. The van der Waals surface area contributed by atoms with Crippen molar-refractivity contribution < 1.29 is 9.59 Å². The predicted molar refractivity (Wildman–Crippen MR) is 110 cm³/mol. The highest BCUT2D eigenvalue weighted by atomic mass is 35.5. The number of rotatable bonds is 4. The van der Waals surface area contributed by atoms with Crippen molar-refractivity contribution in [1.82, 2.24) is 0 Å². The molecule has 2 aromatic carbocycles. The van der Waals surface area contributed by atoms with E-state index in [1.165, 1.54) is 16.2 Å². The van der Waals surface area contributed by atoms with Gasteiger partial charge in [0.2, 0.25) is 0 Å². The van der Waals surface area contributed by atoms with Crippen molar-refractivity contribution in [2.45, 2.75) is 6.92 Å². The van der Waals surface area contributed by atoms with Gasteiger partial charge in [-0.05, 0) is 54.3 Å². The van der Waals surface area contributed by atoms with Crippen LogP contribution in [0.5, 0.6) is 0 Å². The van der Waals surface area contributed by atoms with E-state index >= 15 is 0 Å². The van der Waals surface area contributed by atoms with Crippen LogP contribution in [0.1, 0.15) is 10.4 Å². The van der Waals surface area contributed by atoms with Crippen LogP contribution in [0.4, 0.5) is 11.4 Å². The Morgan fingerprint density at radius 1 is 0.963 bits per heavy atom. The van der Waals surface area contributed by atoms with Crippen LogP contribution >= 0.6 is 22.9 Å². The van der Waals surface area contributed by atoms with Crippen molar-refractivity contribution in [3.8, 4) is 0 Å². The zero-order valence-electron chi connectivity index (χ0n) is 14.4. The fourth-order valence-electron chi connectivity index (χ4n) is 3.05. The molecule has 0 saturated heterocycles. The quantitative estimate of drug-likeness (QED) is 0.626. The van der Waals surface area contributed by atoms with E-state index in [1.807, 2.05) is 54.8 Å². The summed E-state index contributed by atoms with van der Waals surface area (Å²) in [4.78, 5) is 28.4. The van der Waals surface area contributed by atoms with Crippen molar-refractivity contribution in [2.75, 3.05) is 10.2 Å². The number of hydrogen-bond donors (Lipinski definition) is 1. The third-order valence-corrected chi connectivity index (χ3v) is 5.42. The number of halogens is 1. The molecule has 1 aliphatic rings. The number of aryl methyl sites for hydroxylation is 1. The van der Waals surface area contributed by atoms with Gasteiger partial charge in [0.05, 0.1) is 11.3 Å². The minimum atomic E-state index is -0.377. The third-order valence-electron chi connectivity index (χ3n) is 4.29. The molecule has 0 atom stereocenters. The summed E-state index contributed by atoms with van der Waals surface area (Å²) >= 11 is 7.46. The summed E-state index contributed by atoms with van der Waals surface area (Å²) in [6.07, 6.45) is 0. The van der Waals surface area contributed by atoms with E-state index < -0.39 is 0 Å². The Balaban J connectivity index is 1.82. The van der Waals surface area contributed by atoms with E-state index in [2.05, 4.69) is 5.32 Å². The molecule has 0 spiro atoms. The number of carbonyl (C=O) groups excluding carboxylic acids is 2.